The van der Waals surface area contributed by atoms with Crippen LogP contribution in [-0.2, 0) is 16.6 Å². The van der Waals surface area contributed by atoms with Gasteiger partial charge in [0.1, 0.15) is 17.0 Å². The Balaban J connectivity index is 1.59. The van der Waals surface area contributed by atoms with E-state index in [1.54, 1.807) is 42.5 Å². The van der Waals surface area contributed by atoms with Gasteiger partial charge in [0.15, 0.2) is 5.58 Å². The standard InChI is InChI=1S/C24H19ClN4O6S2/c1-33-18-7-6-15(21(11-18)34-2)13-28(23-27-26-14-36-23)37(31,32)19-8-9-20-22(12-19)35-24(30)29(20)17-5-3-4-16(25)10-17/h3-12,14H,13H2,1-2H3. The average molecular weight is 559 g/mol. The predicted molar refractivity (Wildman–Crippen MR) is 140 cm³/mol. The van der Waals surface area contributed by atoms with Crippen LogP contribution in [0.15, 0.2) is 80.3 Å². The van der Waals surface area contributed by atoms with Gasteiger partial charge in [0.05, 0.1) is 36.9 Å². The molecular weight excluding hydrogens is 540 g/mol. The molecule has 2 heterocycles. The van der Waals surface area contributed by atoms with Crippen LogP contribution in [0.2, 0.25) is 5.02 Å². The number of fused-ring (bicyclic) bond motifs is 1. The summed E-state index contributed by atoms with van der Waals surface area (Å²) in [6.07, 6.45) is 0. The largest absolute Gasteiger partial charge is 0.497 e. The number of aromatic nitrogens is 3. The fourth-order valence-corrected chi connectivity index (χ4v) is 6.19. The molecule has 0 bridgehead atoms. The second-order valence-electron chi connectivity index (χ2n) is 7.72. The maximum Gasteiger partial charge on any atom is 0.424 e. The number of benzene rings is 3. The highest BCUT2D eigenvalue weighted by Crippen LogP contribution is 2.32. The van der Waals surface area contributed by atoms with Crippen LogP contribution in [0.1, 0.15) is 5.56 Å². The van der Waals surface area contributed by atoms with Crippen molar-refractivity contribution < 1.29 is 22.3 Å². The van der Waals surface area contributed by atoms with Crippen LogP contribution in [0.5, 0.6) is 11.5 Å². The average Bonchev–Trinajstić information content (AvgIpc) is 3.53. The molecule has 37 heavy (non-hydrogen) atoms. The summed E-state index contributed by atoms with van der Waals surface area (Å²) < 4.78 is 46.3. The zero-order valence-corrected chi connectivity index (χ0v) is 21.9. The van der Waals surface area contributed by atoms with Crippen molar-refractivity contribution in [2.45, 2.75) is 11.4 Å². The molecule has 5 rings (SSSR count). The van der Waals surface area contributed by atoms with Gasteiger partial charge in [-0.2, -0.15) is 0 Å². The number of ether oxygens (including phenoxy) is 2. The molecule has 0 saturated heterocycles. The molecule has 5 aromatic rings. The fourth-order valence-electron chi connectivity index (χ4n) is 3.81. The zero-order valence-electron chi connectivity index (χ0n) is 19.5. The van der Waals surface area contributed by atoms with Crippen LogP contribution in [0.25, 0.3) is 16.8 Å². The van der Waals surface area contributed by atoms with E-state index in [1.165, 1.54) is 42.5 Å². The lowest BCUT2D eigenvalue weighted by Gasteiger charge is -2.22. The number of sulfonamides is 1. The SMILES string of the molecule is COc1ccc(CN(c2nncs2)S(=O)(=O)c2ccc3c(c2)oc(=O)n3-c2cccc(Cl)c2)c(OC)c1. The number of hydrogen-bond donors (Lipinski definition) is 0. The molecule has 0 atom stereocenters. The van der Waals surface area contributed by atoms with Crippen LogP contribution < -0.4 is 19.5 Å². The summed E-state index contributed by atoms with van der Waals surface area (Å²) in [4.78, 5) is 12.6. The third-order valence-corrected chi connectivity index (χ3v) is 8.37. The lowest BCUT2D eigenvalue weighted by molar-refractivity contribution is 0.391. The van der Waals surface area contributed by atoms with Crippen LogP contribution in [0.3, 0.4) is 0 Å². The van der Waals surface area contributed by atoms with Crippen molar-refractivity contribution in [2.75, 3.05) is 18.5 Å². The van der Waals surface area contributed by atoms with Gasteiger partial charge in [0.25, 0.3) is 10.0 Å². The lowest BCUT2D eigenvalue weighted by Crippen LogP contribution is -2.30. The molecule has 2 aromatic heterocycles. The molecule has 0 aliphatic rings. The maximum atomic E-state index is 13.9. The molecule has 13 heteroatoms. The van der Waals surface area contributed by atoms with Crippen molar-refractivity contribution in [2.24, 2.45) is 0 Å². The van der Waals surface area contributed by atoms with E-state index in [-0.39, 0.29) is 22.2 Å². The second kappa shape index (κ2) is 9.88. The second-order valence-corrected chi connectivity index (χ2v) is 10.8. The van der Waals surface area contributed by atoms with E-state index >= 15 is 0 Å². The molecular formula is C24H19ClN4O6S2. The molecule has 0 aliphatic carbocycles. The minimum Gasteiger partial charge on any atom is -0.497 e. The quantitative estimate of drug-likeness (QED) is 0.273. The van der Waals surface area contributed by atoms with E-state index in [4.69, 9.17) is 25.5 Å². The highest BCUT2D eigenvalue weighted by Gasteiger charge is 2.29. The molecule has 10 nitrogen and oxygen atoms in total. The lowest BCUT2D eigenvalue weighted by atomic mass is 10.2. The normalized spacial score (nSPS) is 11.5. The van der Waals surface area contributed by atoms with Gasteiger partial charge in [-0.25, -0.2) is 22.1 Å². The Hall–Kier alpha value is -3.87. The van der Waals surface area contributed by atoms with Crippen molar-refractivity contribution in [1.29, 1.82) is 0 Å². The Morgan fingerprint density at radius 2 is 1.92 bits per heavy atom. The predicted octanol–water partition coefficient (Wildman–Crippen LogP) is 4.50. The topological polar surface area (TPSA) is 117 Å². The molecule has 0 spiro atoms. The first kappa shape index (κ1) is 24.8. The number of methoxy groups -OCH3 is 2. The molecule has 0 radical (unpaired) electrons. The van der Waals surface area contributed by atoms with Crippen molar-refractivity contribution >= 4 is 49.2 Å². The van der Waals surface area contributed by atoms with Gasteiger partial charge in [-0.15, -0.1) is 10.2 Å². The number of anilines is 1. The molecule has 0 saturated carbocycles. The molecule has 190 valence electrons. The Labute approximate surface area is 220 Å². The van der Waals surface area contributed by atoms with E-state index in [0.29, 0.717) is 33.3 Å². The number of halogens is 1. The maximum absolute atomic E-state index is 13.9. The first-order valence-corrected chi connectivity index (χ1v) is 13.4. The summed E-state index contributed by atoms with van der Waals surface area (Å²) in [6, 6.07) is 16.0. The highest BCUT2D eigenvalue weighted by atomic mass is 35.5. The zero-order chi connectivity index (χ0) is 26.2. The summed E-state index contributed by atoms with van der Waals surface area (Å²) in [5.74, 6) is 0.343. The molecule has 0 fully saturated rings. The molecule has 0 aliphatic heterocycles. The minimum absolute atomic E-state index is 0.0871. The van der Waals surface area contributed by atoms with Crippen LogP contribution in [0, 0.1) is 0 Å². The monoisotopic (exact) mass is 558 g/mol. The van der Waals surface area contributed by atoms with E-state index in [1.807, 2.05) is 0 Å². The van der Waals surface area contributed by atoms with Gasteiger partial charge < -0.3 is 13.9 Å². The van der Waals surface area contributed by atoms with E-state index in [9.17, 15) is 13.2 Å². The number of hydrogen-bond acceptors (Lipinski definition) is 9. The van der Waals surface area contributed by atoms with Gasteiger partial charge >= 0.3 is 5.76 Å². The number of rotatable bonds is 8. The molecule has 0 N–H and O–H groups in total. The van der Waals surface area contributed by atoms with E-state index < -0.39 is 15.8 Å². The van der Waals surface area contributed by atoms with Gasteiger partial charge in [0.2, 0.25) is 5.13 Å². The summed E-state index contributed by atoms with van der Waals surface area (Å²) in [7, 11) is -1.15. The minimum atomic E-state index is -4.17. The molecule has 0 unspecified atom stereocenters. The van der Waals surface area contributed by atoms with Crippen molar-refractivity contribution in [3.8, 4) is 17.2 Å². The smallest absolute Gasteiger partial charge is 0.424 e. The fraction of sp³-hybridized carbons (Fsp3) is 0.125. The number of oxazole rings is 1. The van der Waals surface area contributed by atoms with E-state index in [0.717, 1.165) is 15.6 Å². The first-order chi connectivity index (χ1) is 17.8. The third kappa shape index (κ3) is 4.66. The van der Waals surface area contributed by atoms with Gasteiger partial charge in [0, 0.05) is 22.7 Å². The molecule has 0 amide bonds. The van der Waals surface area contributed by atoms with Gasteiger partial charge in [-0.05, 0) is 42.5 Å². The summed E-state index contributed by atoms with van der Waals surface area (Å²) in [6.45, 7) is -0.0871. The third-order valence-electron chi connectivity index (χ3n) is 5.58. The van der Waals surface area contributed by atoms with Crippen LogP contribution in [0.4, 0.5) is 5.13 Å². The van der Waals surface area contributed by atoms with Crippen molar-refractivity contribution in [3.05, 3.63) is 87.3 Å². The van der Waals surface area contributed by atoms with Gasteiger partial charge in [-0.3, -0.25) is 0 Å². The Kier molecular flexibility index (Phi) is 6.63. The van der Waals surface area contributed by atoms with Crippen LogP contribution in [-0.4, -0.2) is 37.4 Å². The van der Waals surface area contributed by atoms with E-state index in [2.05, 4.69) is 10.2 Å². The van der Waals surface area contributed by atoms with Crippen molar-refractivity contribution in [3.63, 3.8) is 0 Å². The highest BCUT2D eigenvalue weighted by molar-refractivity contribution is 7.93. The van der Waals surface area contributed by atoms with Gasteiger partial charge in [-0.1, -0.05) is 29.0 Å². The Morgan fingerprint density at radius 3 is 2.62 bits per heavy atom. The summed E-state index contributed by atoms with van der Waals surface area (Å²) >= 11 is 7.15. The number of nitrogens with zero attached hydrogens (tertiary/aromatic N) is 4. The van der Waals surface area contributed by atoms with Crippen LogP contribution >= 0.6 is 22.9 Å². The summed E-state index contributed by atoms with van der Waals surface area (Å²) in [5.41, 5.74) is 3.02. The molecule has 3 aromatic carbocycles. The Morgan fingerprint density at radius 1 is 1.08 bits per heavy atom. The first-order valence-electron chi connectivity index (χ1n) is 10.7. The van der Waals surface area contributed by atoms with Crippen molar-refractivity contribution in [1.82, 2.24) is 14.8 Å². The summed E-state index contributed by atoms with van der Waals surface area (Å²) in [5, 5.41) is 8.39. The Bertz CT molecular complexity index is 1750.